The number of anilines is 1. The molecule has 0 unspecified atom stereocenters. The number of rotatable bonds is 6. The molecule has 5 nitrogen and oxygen atoms in total. The van der Waals surface area contributed by atoms with Crippen LogP contribution in [0.2, 0.25) is 0 Å². The van der Waals surface area contributed by atoms with Gasteiger partial charge in [-0.05, 0) is 47.2 Å². The van der Waals surface area contributed by atoms with Crippen LogP contribution < -0.4 is 14.8 Å². The number of methoxy groups -OCH3 is 1. The van der Waals surface area contributed by atoms with E-state index in [-0.39, 0.29) is 5.91 Å². The Morgan fingerprint density at radius 1 is 1.00 bits per heavy atom. The molecular weight excluding hydrogens is 372 g/mol. The molecular formula is C22H18N2O3S. The van der Waals surface area contributed by atoms with Crippen LogP contribution in [0.5, 0.6) is 11.5 Å². The molecule has 1 aromatic heterocycles. The maximum atomic E-state index is 12.3. The smallest absolute Gasteiger partial charge is 0.257 e. The van der Waals surface area contributed by atoms with E-state index < -0.39 is 0 Å². The largest absolute Gasteiger partial charge is 0.497 e. The molecule has 0 bridgehead atoms. The summed E-state index contributed by atoms with van der Waals surface area (Å²) in [6, 6.07) is 21.1. The predicted octanol–water partition coefficient (Wildman–Crippen LogP) is 5.14. The molecule has 0 aliphatic heterocycles. The highest BCUT2D eigenvalue weighted by Gasteiger charge is 2.10. The number of nitrogens with one attached hydrogen (secondary N) is 1. The summed E-state index contributed by atoms with van der Waals surface area (Å²) in [6.45, 7) is 0.341. The van der Waals surface area contributed by atoms with Crippen LogP contribution in [0.15, 0.2) is 72.1 Å². The van der Waals surface area contributed by atoms with Crippen LogP contribution in [-0.4, -0.2) is 18.0 Å². The van der Waals surface area contributed by atoms with E-state index in [1.165, 1.54) is 16.7 Å². The summed E-state index contributed by atoms with van der Waals surface area (Å²) in [4.78, 5) is 16.7. The Hall–Kier alpha value is -3.38. The Labute approximate surface area is 166 Å². The van der Waals surface area contributed by atoms with E-state index in [9.17, 15) is 4.79 Å². The second kappa shape index (κ2) is 8.10. The molecule has 1 N–H and O–H groups in total. The van der Waals surface area contributed by atoms with Crippen molar-refractivity contribution in [1.82, 2.24) is 4.98 Å². The fourth-order valence-electron chi connectivity index (χ4n) is 2.76. The van der Waals surface area contributed by atoms with Crippen molar-refractivity contribution in [1.29, 1.82) is 0 Å². The van der Waals surface area contributed by atoms with Gasteiger partial charge >= 0.3 is 0 Å². The molecule has 0 fully saturated rings. The van der Waals surface area contributed by atoms with Crippen molar-refractivity contribution in [3.05, 3.63) is 83.4 Å². The maximum absolute atomic E-state index is 12.3. The molecule has 4 rings (SSSR count). The lowest BCUT2D eigenvalue weighted by atomic mass is 10.1. The summed E-state index contributed by atoms with van der Waals surface area (Å²) in [5, 5.41) is 7.53. The Kier molecular flexibility index (Phi) is 5.21. The quantitative estimate of drug-likeness (QED) is 0.495. The minimum absolute atomic E-state index is 0.209. The number of hydrogen-bond acceptors (Lipinski definition) is 5. The summed E-state index contributed by atoms with van der Waals surface area (Å²) in [6.07, 6.45) is 0. The molecule has 0 aliphatic carbocycles. The fourth-order valence-corrected chi connectivity index (χ4v) is 3.45. The summed E-state index contributed by atoms with van der Waals surface area (Å²) < 4.78 is 10.9. The molecule has 0 spiro atoms. The average Bonchev–Trinajstić information content (AvgIpc) is 3.19. The van der Waals surface area contributed by atoms with Gasteiger partial charge in [0.15, 0.2) is 5.13 Å². The van der Waals surface area contributed by atoms with Crippen molar-refractivity contribution in [2.24, 2.45) is 0 Å². The van der Waals surface area contributed by atoms with Gasteiger partial charge in [0.05, 0.1) is 12.8 Å². The minimum atomic E-state index is -0.209. The Bertz CT molecular complexity index is 1110. The van der Waals surface area contributed by atoms with E-state index in [0.29, 0.717) is 23.1 Å². The van der Waals surface area contributed by atoms with Gasteiger partial charge in [0.2, 0.25) is 0 Å². The average molecular weight is 390 g/mol. The van der Waals surface area contributed by atoms with Gasteiger partial charge in [-0.2, -0.15) is 0 Å². The fraction of sp³-hybridized carbons (Fsp3) is 0.0909. The molecule has 0 saturated carbocycles. The first-order chi connectivity index (χ1) is 13.7. The molecule has 6 heteroatoms. The highest BCUT2D eigenvalue weighted by atomic mass is 32.1. The van der Waals surface area contributed by atoms with Gasteiger partial charge in [-0.15, -0.1) is 11.3 Å². The maximum Gasteiger partial charge on any atom is 0.257 e. The first-order valence-corrected chi connectivity index (χ1v) is 9.60. The van der Waals surface area contributed by atoms with E-state index in [1.807, 2.05) is 35.7 Å². The van der Waals surface area contributed by atoms with Gasteiger partial charge in [0.25, 0.3) is 5.91 Å². The SMILES string of the molecule is COc1ccc(C(=O)Nc2nc(COc3ccc4ccccc4c3)cs2)cc1. The van der Waals surface area contributed by atoms with E-state index in [1.54, 1.807) is 31.4 Å². The highest BCUT2D eigenvalue weighted by molar-refractivity contribution is 7.13. The molecule has 28 heavy (non-hydrogen) atoms. The van der Waals surface area contributed by atoms with Crippen molar-refractivity contribution in [3.63, 3.8) is 0 Å². The topological polar surface area (TPSA) is 60.5 Å². The van der Waals surface area contributed by atoms with Gasteiger partial charge < -0.3 is 9.47 Å². The van der Waals surface area contributed by atoms with Crippen LogP contribution in [-0.2, 0) is 6.61 Å². The molecule has 3 aromatic carbocycles. The third-order valence-electron chi connectivity index (χ3n) is 4.23. The van der Waals surface area contributed by atoms with Crippen LogP contribution >= 0.6 is 11.3 Å². The summed E-state index contributed by atoms with van der Waals surface area (Å²) in [5.74, 6) is 1.29. The van der Waals surface area contributed by atoms with E-state index in [4.69, 9.17) is 9.47 Å². The number of fused-ring (bicyclic) bond motifs is 1. The van der Waals surface area contributed by atoms with Gasteiger partial charge in [-0.25, -0.2) is 4.98 Å². The highest BCUT2D eigenvalue weighted by Crippen LogP contribution is 2.23. The van der Waals surface area contributed by atoms with Crippen molar-refractivity contribution in [2.45, 2.75) is 6.61 Å². The number of aromatic nitrogens is 1. The monoisotopic (exact) mass is 390 g/mol. The van der Waals surface area contributed by atoms with Crippen molar-refractivity contribution >= 4 is 33.1 Å². The number of amides is 1. The summed E-state index contributed by atoms with van der Waals surface area (Å²) >= 11 is 1.37. The van der Waals surface area contributed by atoms with Crippen LogP contribution in [0, 0.1) is 0 Å². The normalized spacial score (nSPS) is 10.6. The number of carbonyl (C=O) groups is 1. The zero-order valence-electron chi connectivity index (χ0n) is 15.2. The summed E-state index contributed by atoms with van der Waals surface area (Å²) in [7, 11) is 1.59. The van der Waals surface area contributed by atoms with Crippen LogP contribution in [0.3, 0.4) is 0 Å². The standard InChI is InChI=1S/C22H18N2O3S/c1-26-19-9-7-16(8-10-19)21(25)24-22-23-18(14-28-22)13-27-20-11-6-15-4-2-3-5-17(15)12-20/h2-12,14H,13H2,1H3,(H,23,24,25). The molecule has 0 saturated heterocycles. The zero-order valence-corrected chi connectivity index (χ0v) is 16.0. The van der Waals surface area contributed by atoms with Crippen LogP contribution in [0.25, 0.3) is 10.8 Å². The Morgan fingerprint density at radius 3 is 2.54 bits per heavy atom. The van der Waals surface area contributed by atoms with Crippen molar-refractivity contribution in [2.75, 3.05) is 12.4 Å². The van der Waals surface area contributed by atoms with E-state index in [0.717, 1.165) is 16.8 Å². The number of carbonyl (C=O) groups excluding carboxylic acids is 1. The minimum Gasteiger partial charge on any atom is -0.497 e. The number of hydrogen-bond donors (Lipinski definition) is 1. The molecule has 140 valence electrons. The zero-order chi connectivity index (χ0) is 19.3. The van der Waals surface area contributed by atoms with E-state index in [2.05, 4.69) is 22.4 Å². The molecule has 1 heterocycles. The third kappa shape index (κ3) is 4.13. The Morgan fingerprint density at radius 2 is 1.75 bits per heavy atom. The molecule has 1 amide bonds. The predicted molar refractivity (Wildman–Crippen MR) is 111 cm³/mol. The first kappa shape index (κ1) is 18.0. The lowest BCUT2D eigenvalue weighted by molar-refractivity contribution is 0.102. The van der Waals surface area contributed by atoms with Crippen molar-refractivity contribution < 1.29 is 14.3 Å². The number of benzene rings is 3. The molecule has 4 aromatic rings. The van der Waals surface area contributed by atoms with Gasteiger partial charge in [0, 0.05) is 10.9 Å². The number of thiazole rings is 1. The van der Waals surface area contributed by atoms with E-state index >= 15 is 0 Å². The Balaban J connectivity index is 1.37. The lowest BCUT2D eigenvalue weighted by Crippen LogP contribution is -2.11. The van der Waals surface area contributed by atoms with Crippen LogP contribution in [0.1, 0.15) is 16.1 Å². The summed E-state index contributed by atoms with van der Waals surface area (Å²) in [5.41, 5.74) is 1.31. The molecule has 0 atom stereocenters. The van der Waals surface area contributed by atoms with Crippen LogP contribution in [0.4, 0.5) is 5.13 Å². The molecule has 0 radical (unpaired) electrons. The second-order valence-electron chi connectivity index (χ2n) is 6.12. The first-order valence-electron chi connectivity index (χ1n) is 8.73. The lowest BCUT2D eigenvalue weighted by Gasteiger charge is -2.06. The van der Waals surface area contributed by atoms with Gasteiger partial charge in [-0.1, -0.05) is 30.3 Å². The van der Waals surface area contributed by atoms with Crippen molar-refractivity contribution in [3.8, 4) is 11.5 Å². The number of ether oxygens (including phenoxy) is 2. The van der Waals surface area contributed by atoms with Gasteiger partial charge in [-0.3, -0.25) is 10.1 Å². The number of nitrogens with zero attached hydrogens (tertiary/aromatic N) is 1. The second-order valence-corrected chi connectivity index (χ2v) is 6.98. The van der Waals surface area contributed by atoms with Gasteiger partial charge in [0.1, 0.15) is 18.1 Å². The molecule has 0 aliphatic rings. The third-order valence-corrected chi connectivity index (χ3v) is 5.04.